The highest BCUT2D eigenvalue weighted by Crippen LogP contribution is 2.34. The Morgan fingerprint density at radius 3 is 1.78 bits per heavy atom. The second-order valence-corrected chi connectivity index (χ2v) is 9.93. The fourth-order valence-electron chi connectivity index (χ4n) is 4.93. The molecule has 2 atom stereocenters. The summed E-state index contributed by atoms with van der Waals surface area (Å²) < 4.78 is 18.2. The second kappa shape index (κ2) is 11.5. The van der Waals surface area contributed by atoms with Crippen LogP contribution < -0.4 is 4.74 Å². The number of rotatable bonds is 11. The first-order valence-corrected chi connectivity index (χ1v) is 12.9. The molecule has 2 aliphatic heterocycles. The molecule has 3 aromatic carbocycles. The van der Waals surface area contributed by atoms with Crippen LogP contribution in [0, 0.1) is 5.41 Å². The van der Waals surface area contributed by atoms with Gasteiger partial charge < -0.3 is 14.2 Å². The zero-order chi connectivity index (χ0) is 25.5. The van der Waals surface area contributed by atoms with Gasteiger partial charge >= 0.3 is 0 Å². The molecule has 0 aliphatic carbocycles. The average molecular weight is 495 g/mol. The van der Waals surface area contributed by atoms with Gasteiger partial charge in [-0.2, -0.15) is 0 Å². The van der Waals surface area contributed by atoms with Crippen molar-refractivity contribution in [2.24, 2.45) is 15.4 Å². The van der Waals surface area contributed by atoms with E-state index in [2.05, 4.69) is 74.2 Å². The van der Waals surface area contributed by atoms with Crippen LogP contribution in [0.25, 0.3) is 0 Å². The monoisotopic (exact) mass is 494 g/mol. The predicted molar refractivity (Wildman–Crippen MR) is 149 cm³/mol. The van der Waals surface area contributed by atoms with Gasteiger partial charge in [0, 0.05) is 0 Å². The van der Waals surface area contributed by atoms with Crippen LogP contribution in [-0.4, -0.2) is 43.7 Å². The summed E-state index contributed by atoms with van der Waals surface area (Å²) in [7, 11) is 0. The molecule has 0 amide bonds. The first kappa shape index (κ1) is 24.8. The summed E-state index contributed by atoms with van der Waals surface area (Å²) in [6, 6.07) is 29.2. The predicted octanol–water partition coefficient (Wildman–Crippen LogP) is 5.88. The molecule has 0 fully saturated rings. The topological polar surface area (TPSA) is 52.4 Å². The number of aliphatic imine (C=N–C) groups is 2. The number of nitrogens with zero attached hydrogens (tertiary/aromatic N) is 2. The highest BCUT2D eigenvalue weighted by atomic mass is 16.5. The summed E-state index contributed by atoms with van der Waals surface area (Å²) in [5.41, 5.74) is 3.06. The summed E-state index contributed by atoms with van der Waals surface area (Å²) in [6.07, 6.45) is 4.11. The molecule has 2 heterocycles. The van der Waals surface area contributed by atoms with Crippen molar-refractivity contribution in [3.63, 3.8) is 0 Å². The lowest BCUT2D eigenvalue weighted by atomic mass is 9.82. The highest BCUT2D eigenvalue weighted by Gasteiger charge is 2.45. The van der Waals surface area contributed by atoms with E-state index in [0.717, 1.165) is 24.2 Å². The van der Waals surface area contributed by atoms with Crippen molar-refractivity contribution in [3.8, 4) is 5.75 Å². The van der Waals surface area contributed by atoms with Gasteiger partial charge in [-0.05, 0) is 55.0 Å². The van der Waals surface area contributed by atoms with Crippen molar-refractivity contribution >= 4 is 11.8 Å². The maximum absolute atomic E-state index is 6.27. The van der Waals surface area contributed by atoms with Crippen molar-refractivity contribution in [2.45, 2.75) is 38.3 Å². The summed E-state index contributed by atoms with van der Waals surface area (Å²) in [5, 5.41) is 0. The standard InChI is InChI=1S/C32H34N2O3/c1-3-18-35-29-16-14-26(15-17-29)21-32(2,30-33-27(22-36-30)19-24-10-6-4-7-11-24)31-34-28(23-37-31)20-25-12-8-5-9-13-25/h3-17,27-28H,1,18-23H2,2H3/t27-,28-/m0/s1. The minimum absolute atomic E-state index is 0.0773. The molecule has 0 bridgehead atoms. The molecule has 0 aromatic heterocycles. The van der Waals surface area contributed by atoms with E-state index in [0.29, 0.717) is 38.0 Å². The number of ether oxygens (including phenoxy) is 3. The summed E-state index contributed by atoms with van der Waals surface area (Å²) in [6.45, 7) is 7.47. The van der Waals surface area contributed by atoms with Crippen LogP contribution in [0.15, 0.2) is 108 Å². The van der Waals surface area contributed by atoms with Gasteiger partial charge in [0.25, 0.3) is 0 Å². The average Bonchev–Trinajstić information content (AvgIpc) is 3.60. The quantitative estimate of drug-likeness (QED) is 0.313. The fourth-order valence-corrected chi connectivity index (χ4v) is 4.93. The van der Waals surface area contributed by atoms with E-state index in [9.17, 15) is 0 Å². The Kier molecular flexibility index (Phi) is 7.69. The Hall–Kier alpha value is -3.86. The molecular weight excluding hydrogens is 460 g/mol. The molecule has 5 heteroatoms. The Morgan fingerprint density at radius 2 is 1.30 bits per heavy atom. The van der Waals surface area contributed by atoms with Gasteiger partial charge in [-0.15, -0.1) is 0 Å². The van der Waals surface area contributed by atoms with Crippen LogP contribution in [0.2, 0.25) is 0 Å². The third kappa shape index (κ3) is 6.11. The lowest BCUT2D eigenvalue weighted by molar-refractivity contribution is 0.256. The third-order valence-corrected chi connectivity index (χ3v) is 6.85. The lowest BCUT2D eigenvalue weighted by Crippen LogP contribution is -2.39. The number of hydrogen-bond donors (Lipinski definition) is 0. The van der Waals surface area contributed by atoms with Crippen LogP contribution >= 0.6 is 0 Å². The molecule has 0 saturated heterocycles. The van der Waals surface area contributed by atoms with Crippen LogP contribution in [0.4, 0.5) is 0 Å². The van der Waals surface area contributed by atoms with Crippen LogP contribution in [-0.2, 0) is 28.7 Å². The minimum atomic E-state index is -0.597. The third-order valence-electron chi connectivity index (χ3n) is 6.85. The Labute approximate surface area is 219 Å². The van der Waals surface area contributed by atoms with E-state index in [4.69, 9.17) is 24.2 Å². The molecule has 3 aromatic rings. The van der Waals surface area contributed by atoms with Gasteiger partial charge in [0.2, 0.25) is 0 Å². The largest absolute Gasteiger partial charge is 0.490 e. The molecular formula is C32H34N2O3. The van der Waals surface area contributed by atoms with Gasteiger partial charge in [0.05, 0.1) is 12.1 Å². The van der Waals surface area contributed by atoms with E-state index < -0.39 is 5.41 Å². The summed E-state index contributed by atoms with van der Waals surface area (Å²) >= 11 is 0. The highest BCUT2D eigenvalue weighted by molar-refractivity contribution is 6.06. The molecule has 5 nitrogen and oxygen atoms in total. The molecule has 5 rings (SSSR count). The Morgan fingerprint density at radius 1 is 0.784 bits per heavy atom. The molecule has 0 unspecified atom stereocenters. The van der Waals surface area contributed by atoms with Gasteiger partial charge in [-0.3, -0.25) is 0 Å². The SMILES string of the molecule is C=CCOc1ccc(CC(C)(C2=N[C@@H](Cc3ccccc3)CO2)C2=N[C@@H](Cc3ccccc3)CO2)cc1. The van der Waals surface area contributed by atoms with Crippen LogP contribution in [0.3, 0.4) is 0 Å². The Balaban J connectivity index is 1.39. The van der Waals surface area contributed by atoms with E-state index in [-0.39, 0.29) is 12.1 Å². The number of hydrogen-bond acceptors (Lipinski definition) is 5. The van der Waals surface area contributed by atoms with E-state index in [1.807, 2.05) is 24.3 Å². The van der Waals surface area contributed by atoms with Crippen molar-refractivity contribution in [1.82, 2.24) is 0 Å². The normalized spacial score (nSPS) is 18.9. The molecule has 0 saturated carbocycles. The summed E-state index contributed by atoms with van der Waals surface area (Å²) in [4.78, 5) is 10.1. The van der Waals surface area contributed by atoms with Crippen molar-refractivity contribution in [3.05, 3.63) is 114 Å². The van der Waals surface area contributed by atoms with Crippen molar-refractivity contribution in [1.29, 1.82) is 0 Å². The lowest BCUT2D eigenvalue weighted by Gasteiger charge is -2.28. The molecule has 37 heavy (non-hydrogen) atoms. The van der Waals surface area contributed by atoms with E-state index in [1.54, 1.807) is 6.08 Å². The molecule has 2 aliphatic rings. The maximum atomic E-state index is 6.27. The molecule has 0 radical (unpaired) electrons. The Bertz CT molecular complexity index is 1170. The first-order valence-electron chi connectivity index (χ1n) is 12.9. The maximum Gasteiger partial charge on any atom is 0.199 e. The van der Waals surface area contributed by atoms with E-state index in [1.165, 1.54) is 11.1 Å². The molecule has 190 valence electrons. The number of benzene rings is 3. The zero-order valence-corrected chi connectivity index (χ0v) is 21.4. The van der Waals surface area contributed by atoms with Gasteiger partial charge in [0.1, 0.15) is 31.0 Å². The summed E-state index contributed by atoms with van der Waals surface area (Å²) in [5.74, 6) is 2.24. The van der Waals surface area contributed by atoms with Gasteiger partial charge in [-0.25, -0.2) is 9.98 Å². The molecule has 0 N–H and O–H groups in total. The smallest absolute Gasteiger partial charge is 0.199 e. The van der Waals surface area contributed by atoms with Crippen LogP contribution in [0.5, 0.6) is 5.75 Å². The van der Waals surface area contributed by atoms with Crippen LogP contribution in [0.1, 0.15) is 23.6 Å². The second-order valence-electron chi connectivity index (χ2n) is 9.93. The van der Waals surface area contributed by atoms with Crippen molar-refractivity contribution in [2.75, 3.05) is 19.8 Å². The molecule has 0 spiro atoms. The van der Waals surface area contributed by atoms with Crippen molar-refractivity contribution < 1.29 is 14.2 Å². The minimum Gasteiger partial charge on any atom is -0.490 e. The zero-order valence-electron chi connectivity index (χ0n) is 21.4. The van der Waals surface area contributed by atoms with E-state index >= 15 is 0 Å². The van der Waals surface area contributed by atoms with Gasteiger partial charge in [-0.1, -0.05) is 85.5 Å². The fraction of sp³-hybridized carbons (Fsp3) is 0.312. The first-order chi connectivity index (χ1) is 18.1. The van der Waals surface area contributed by atoms with Gasteiger partial charge in [0.15, 0.2) is 11.8 Å².